The van der Waals surface area contributed by atoms with E-state index < -0.39 is 6.04 Å². The SMILES string of the molecule is COc1ccc(C2NC(=O)NC(C)=C2C(=O)Nc2ccc(C)cc2)c(OC)c1. The molecule has 28 heavy (non-hydrogen) atoms. The van der Waals surface area contributed by atoms with Crippen molar-refractivity contribution in [2.45, 2.75) is 19.9 Å². The van der Waals surface area contributed by atoms with Crippen molar-refractivity contribution in [2.24, 2.45) is 0 Å². The van der Waals surface area contributed by atoms with Crippen molar-refractivity contribution in [3.63, 3.8) is 0 Å². The molecule has 3 amide bonds. The molecule has 0 aromatic heterocycles. The fraction of sp³-hybridized carbons (Fsp3) is 0.238. The minimum atomic E-state index is -0.667. The quantitative estimate of drug-likeness (QED) is 0.742. The first-order valence-electron chi connectivity index (χ1n) is 8.81. The van der Waals surface area contributed by atoms with Crippen molar-refractivity contribution < 1.29 is 19.1 Å². The molecule has 0 saturated carbocycles. The minimum Gasteiger partial charge on any atom is -0.497 e. The highest BCUT2D eigenvalue weighted by molar-refractivity contribution is 6.06. The van der Waals surface area contributed by atoms with Gasteiger partial charge in [-0.1, -0.05) is 17.7 Å². The van der Waals surface area contributed by atoms with Gasteiger partial charge in [0.2, 0.25) is 0 Å². The van der Waals surface area contributed by atoms with Gasteiger partial charge >= 0.3 is 6.03 Å². The molecule has 1 unspecified atom stereocenters. The number of carbonyl (C=O) groups is 2. The van der Waals surface area contributed by atoms with Gasteiger partial charge < -0.3 is 25.4 Å². The molecular weight excluding hydrogens is 358 g/mol. The number of rotatable bonds is 5. The number of hydrogen-bond donors (Lipinski definition) is 3. The Morgan fingerprint density at radius 2 is 1.75 bits per heavy atom. The van der Waals surface area contributed by atoms with Gasteiger partial charge in [0.1, 0.15) is 11.5 Å². The lowest BCUT2D eigenvalue weighted by molar-refractivity contribution is -0.113. The standard InChI is InChI=1S/C21H23N3O4/c1-12-5-7-14(8-6-12)23-20(25)18-13(2)22-21(26)24-19(18)16-10-9-15(27-3)11-17(16)28-4/h5-11,19H,1-4H3,(H,23,25)(H2,22,24,26). The molecule has 1 heterocycles. The fourth-order valence-corrected chi connectivity index (χ4v) is 3.12. The zero-order valence-corrected chi connectivity index (χ0v) is 16.3. The molecule has 3 N–H and O–H groups in total. The molecule has 0 spiro atoms. The van der Waals surface area contributed by atoms with Gasteiger partial charge in [-0.2, -0.15) is 0 Å². The zero-order chi connectivity index (χ0) is 20.3. The molecule has 3 rings (SSSR count). The van der Waals surface area contributed by atoms with Gasteiger partial charge in [0.05, 0.1) is 25.8 Å². The van der Waals surface area contributed by atoms with E-state index in [2.05, 4.69) is 16.0 Å². The topological polar surface area (TPSA) is 88.7 Å². The van der Waals surface area contributed by atoms with E-state index in [4.69, 9.17) is 9.47 Å². The number of allylic oxidation sites excluding steroid dienone is 1. The Morgan fingerprint density at radius 3 is 2.39 bits per heavy atom. The predicted octanol–water partition coefficient (Wildman–Crippen LogP) is 3.28. The fourth-order valence-electron chi connectivity index (χ4n) is 3.12. The van der Waals surface area contributed by atoms with Crippen LogP contribution in [0.1, 0.15) is 24.1 Å². The van der Waals surface area contributed by atoms with Crippen LogP contribution < -0.4 is 25.4 Å². The summed E-state index contributed by atoms with van der Waals surface area (Å²) in [6, 6.07) is 11.7. The molecule has 2 aromatic carbocycles. The van der Waals surface area contributed by atoms with Crippen molar-refractivity contribution >= 4 is 17.6 Å². The Balaban J connectivity index is 1.99. The molecule has 146 valence electrons. The molecule has 7 heteroatoms. The maximum atomic E-state index is 13.1. The van der Waals surface area contributed by atoms with E-state index in [-0.39, 0.29) is 11.9 Å². The van der Waals surface area contributed by atoms with Gasteiger partial charge in [-0.3, -0.25) is 4.79 Å². The van der Waals surface area contributed by atoms with Crippen molar-refractivity contribution in [1.29, 1.82) is 0 Å². The van der Waals surface area contributed by atoms with Gasteiger partial charge in [-0.05, 0) is 38.1 Å². The number of ether oxygens (including phenoxy) is 2. The van der Waals surface area contributed by atoms with Crippen LogP contribution in [0.25, 0.3) is 0 Å². The summed E-state index contributed by atoms with van der Waals surface area (Å²) < 4.78 is 10.7. The number of hydrogen-bond acceptors (Lipinski definition) is 4. The lowest BCUT2D eigenvalue weighted by Crippen LogP contribution is -2.46. The lowest BCUT2D eigenvalue weighted by atomic mass is 9.94. The van der Waals surface area contributed by atoms with E-state index in [1.165, 1.54) is 7.11 Å². The van der Waals surface area contributed by atoms with Crippen LogP contribution >= 0.6 is 0 Å². The maximum absolute atomic E-state index is 13.1. The molecule has 7 nitrogen and oxygen atoms in total. The predicted molar refractivity (Wildman–Crippen MR) is 106 cm³/mol. The smallest absolute Gasteiger partial charge is 0.319 e. The molecule has 0 saturated heterocycles. The Hall–Kier alpha value is -3.48. The van der Waals surface area contributed by atoms with Gasteiger partial charge in [0, 0.05) is 23.0 Å². The van der Waals surface area contributed by atoms with Gasteiger partial charge in [0.15, 0.2) is 0 Å². The Kier molecular flexibility index (Phi) is 5.54. The number of aryl methyl sites for hydroxylation is 1. The highest BCUT2D eigenvalue weighted by Crippen LogP contribution is 2.35. The van der Waals surface area contributed by atoms with Crippen LogP contribution in [0, 0.1) is 6.92 Å². The number of methoxy groups -OCH3 is 2. The number of benzene rings is 2. The zero-order valence-electron chi connectivity index (χ0n) is 16.3. The third kappa shape index (κ3) is 3.93. The Bertz CT molecular complexity index is 935. The molecule has 0 fully saturated rings. The molecule has 1 aliphatic heterocycles. The van der Waals surface area contributed by atoms with E-state index in [0.29, 0.717) is 34.0 Å². The summed E-state index contributed by atoms with van der Waals surface area (Å²) in [5.41, 5.74) is 3.32. The van der Waals surface area contributed by atoms with Crippen LogP contribution in [0.3, 0.4) is 0 Å². The second-order valence-electron chi connectivity index (χ2n) is 6.50. The normalized spacial score (nSPS) is 16.1. The number of urea groups is 1. The van der Waals surface area contributed by atoms with E-state index in [9.17, 15) is 9.59 Å². The number of nitrogens with one attached hydrogen (secondary N) is 3. The van der Waals surface area contributed by atoms with E-state index in [1.54, 1.807) is 32.2 Å². The highest BCUT2D eigenvalue weighted by Gasteiger charge is 2.33. The van der Waals surface area contributed by atoms with Crippen LogP contribution in [-0.4, -0.2) is 26.2 Å². The second-order valence-corrected chi connectivity index (χ2v) is 6.50. The monoisotopic (exact) mass is 381 g/mol. The molecule has 0 radical (unpaired) electrons. The summed E-state index contributed by atoms with van der Waals surface area (Å²) >= 11 is 0. The Morgan fingerprint density at radius 1 is 1.04 bits per heavy atom. The first-order valence-corrected chi connectivity index (χ1v) is 8.81. The average Bonchev–Trinajstić information content (AvgIpc) is 2.68. The molecule has 0 bridgehead atoms. The molecule has 1 atom stereocenters. The number of carbonyl (C=O) groups excluding carboxylic acids is 2. The largest absolute Gasteiger partial charge is 0.497 e. The summed E-state index contributed by atoms with van der Waals surface area (Å²) in [6.45, 7) is 3.68. The number of anilines is 1. The third-order valence-corrected chi connectivity index (χ3v) is 4.57. The van der Waals surface area contributed by atoms with Crippen LogP contribution in [-0.2, 0) is 4.79 Å². The van der Waals surface area contributed by atoms with E-state index in [0.717, 1.165) is 5.56 Å². The van der Waals surface area contributed by atoms with Crippen molar-refractivity contribution in [3.8, 4) is 11.5 Å². The first-order chi connectivity index (χ1) is 13.4. The van der Waals surface area contributed by atoms with Crippen molar-refractivity contribution in [3.05, 3.63) is 64.9 Å². The molecule has 2 aromatic rings. The van der Waals surface area contributed by atoms with Gasteiger partial charge in [0.25, 0.3) is 5.91 Å². The molecular formula is C21H23N3O4. The van der Waals surface area contributed by atoms with Gasteiger partial charge in [-0.15, -0.1) is 0 Å². The molecule has 0 aliphatic carbocycles. The molecule has 1 aliphatic rings. The van der Waals surface area contributed by atoms with E-state index >= 15 is 0 Å². The minimum absolute atomic E-state index is 0.309. The Labute approximate surface area is 163 Å². The van der Waals surface area contributed by atoms with Crippen molar-refractivity contribution in [2.75, 3.05) is 19.5 Å². The van der Waals surface area contributed by atoms with Crippen LogP contribution in [0.4, 0.5) is 10.5 Å². The maximum Gasteiger partial charge on any atom is 0.319 e. The average molecular weight is 381 g/mol. The van der Waals surface area contributed by atoms with E-state index in [1.807, 2.05) is 31.2 Å². The summed E-state index contributed by atoms with van der Waals surface area (Å²) in [7, 11) is 3.09. The summed E-state index contributed by atoms with van der Waals surface area (Å²) in [5.74, 6) is 0.823. The van der Waals surface area contributed by atoms with Crippen molar-refractivity contribution in [1.82, 2.24) is 10.6 Å². The van der Waals surface area contributed by atoms with Gasteiger partial charge in [-0.25, -0.2) is 4.79 Å². The third-order valence-electron chi connectivity index (χ3n) is 4.57. The highest BCUT2D eigenvalue weighted by atomic mass is 16.5. The first kappa shape index (κ1) is 19.3. The van der Waals surface area contributed by atoms with Crippen LogP contribution in [0.5, 0.6) is 11.5 Å². The van der Waals surface area contributed by atoms with Crippen LogP contribution in [0.15, 0.2) is 53.7 Å². The van der Waals surface area contributed by atoms with Crippen LogP contribution in [0.2, 0.25) is 0 Å². The summed E-state index contributed by atoms with van der Waals surface area (Å²) in [5, 5.41) is 8.37. The second kappa shape index (κ2) is 8.04. The number of amides is 3. The summed E-state index contributed by atoms with van der Waals surface area (Å²) in [4.78, 5) is 25.1. The summed E-state index contributed by atoms with van der Waals surface area (Å²) in [6.07, 6.45) is 0. The lowest BCUT2D eigenvalue weighted by Gasteiger charge is -2.29.